The second kappa shape index (κ2) is 5.73. The highest BCUT2D eigenvalue weighted by atomic mass is 32.2. The zero-order chi connectivity index (χ0) is 15.7. The molecule has 0 aliphatic heterocycles. The summed E-state index contributed by atoms with van der Waals surface area (Å²) in [6.45, 7) is 1.60. The fourth-order valence-electron chi connectivity index (χ4n) is 2.09. The predicted octanol–water partition coefficient (Wildman–Crippen LogP) is 3.41. The van der Waals surface area contributed by atoms with Crippen LogP contribution in [0.25, 0.3) is 22.7 Å². The molecule has 114 valence electrons. The van der Waals surface area contributed by atoms with E-state index in [1.165, 1.54) is 12.3 Å². The van der Waals surface area contributed by atoms with Crippen molar-refractivity contribution in [2.45, 2.75) is 16.7 Å². The van der Waals surface area contributed by atoms with Gasteiger partial charge in [0.25, 0.3) is 0 Å². The monoisotopic (exact) mass is 334 g/mol. The first kappa shape index (κ1) is 15.1. The first-order chi connectivity index (χ1) is 10.5. The Balaban J connectivity index is 2.20. The number of rotatable bonds is 4. The molecule has 2 aromatic heterocycles. The standard InChI is InChI=1S/C15H14N2O3S2/c1-3-22(18,19)13-5-4-8-16-14(13)15-17-11-9-10(21-2)6-7-12(11)20-15/h4-9H,3H2,1-2H3. The van der Waals surface area contributed by atoms with Crippen molar-refractivity contribution in [3.8, 4) is 11.6 Å². The van der Waals surface area contributed by atoms with Gasteiger partial charge in [0.05, 0.1) is 10.6 Å². The van der Waals surface area contributed by atoms with Crippen LogP contribution in [0.2, 0.25) is 0 Å². The van der Waals surface area contributed by atoms with Crippen molar-refractivity contribution in [3.63, 3.8) is 0 Å². The number of pyridine rings is 1. The largest absolute Gasteiger partial charge is 0.435 e. The molecule has 0 unspecified atom stereocenters. The van der Waals surface area contributed by atoms with Crippen molar-refractivity contribution in [2.75, 3.05) is 12.0 Å². The number of thioether (sulfide) groups is 1. The second-order valence-corrected chi connectivity index (χ2v) is 7.73. The van der Waals surface area contributed by atoms with Crippen molar-refractivity contribution in [3.05, 3.63) is 36.5 Å². The maximum Gasteiger partial charge on any atom is 0.247 e. The van der Waals surface area contributed by atoms with Gasteiger partial charge in [0, 0.05) is 11.1 Å². The van der Waals surface area contributed by atoms with Gasteiger partial charge in [-0.05, 0) is 36.6 Å². The second-order valence-electron chi connectivity index (χ2n) is 4.61. The number of oxazole rings is 1. The highest BCUT2D eigenvalue weighted by molar-refractivity contribution is 7.98. The van der Waals surface area contributed by atoms with E-state index in [0.717, 1.165) is 4.90 Å². The van der Waals surface area contributed by atoms with Crippen LogP contribution in [-0.2, 0) is 9.84 Å². The molecule has 0 atom stereocenters. The Labute approximate surface area is 132 Å². The topological polar surface area (TPSA) is 73.1 Å². The predicted molar refractivity (Wildman–Crippen MR) is 86.7 cm³/mol. The molecule has 0 aliphatic rings. The summed E-state index contributed by atoms with van der Waals surface area (Å²) in [6, 6.07) is 8.80. The minimum Gasteiger partial charge on any atom is -0.435 e. The number of benzene rings is 1. The van der Waals surface area contributed by atoms with Crippen LogP contribution >= 0.6 is 11.8 Å². The smallest absolute Gasteiger partial charge is 0.247 e. The van der Waals surface area contributed by atoms with Gasteiger partial charge >= 0.3 is 0 Å². The molecule has 22 heavy (non-hydrogen) atoms. The van der Waals surface area contributed by atoms with Crippen LogP contribution in [0.5, 0.6) is 0 Å². The van der Waals surface area contributed by atoms with E-state index in [9.17, 15) is 8.42 Å². The molecule has 5 nitrogen and oxygen atoms in total. The van der Waals surface area contributed by atoms with Gasteiger partial charge in [-0.1, -0.05) is 6.92 Å². The molecule has 0 bridgehead atoms. The minimum atomic E-state index is -3.39. The third-order valence-corrected chi connectivity index (χ3v) is 5.77. The van der Waals surface area contributed by atoms with Crippen LogP contribution in [0, 0.1) is 0 Å². The SMILES string of the molecule is CCS(=O)(=O)c1cccnc1-c1nc2cc(SC)ccc2o1. The van der Waals surface area contributed by atoms with Crippen LogP contribution in [0.4, 0.5) is 0 Å². The van der Waals surface area contributed by atoms with E-state index in [2.05, 4.69) is 9.97 Å². The molecule has 1 aromatic carbocycles. The van der Waals surface area contributed by atoms with Crippen molar-refractivity contribution < 1.29 is 12.8 Å². The Morgan fingerprint density at radius 3 is 2.82 bits per heavy atom. The summed E-state index contributed by atoms with van der Waals surface area (Å²) < 4.78 is 30.1. The Morgan fingerprint density at radius 2 is 2.09 bits per heavy atom. The molecule has 0 saturated heterocycles. The lowest BCUT2D eigenvalue weighted by atomic mass is 10.3. The maximum absolute atomic E-state index is 12.2. The van der Waals surface area contributed by atoms with Crippen LogP contribution in [0.1, 0.15) is 6.92 Å². The Morgan fingerprint density at radius 1 is 1.27 bits per heavy atom. The average Bonchev–Trinajstić information content (AvgIpc) is 2.97. The summed E-state index contributed by atoms with van der Waals surface area (Å²) in [7, 11) is -3.39. The third kappa shape index (κ3) is 2.62. The molecule has 3 aromatic rings. The van der Waals surface area contributed by atoms with Gasteiger partial charge in [0.1, 0.15) is 11.2 Å². The third-order valence-electron chi connectivity index (χ3n) is 3.28. The Kier molecular flexibility index (Phi) is 3.92. The molecule has 0 spiro atoms. The number of hydrogen-bond donors (Lipinski definition) is 0. The minimum absolute atomic E-state index is 0.00252. The lowest BCUT2D eigenvalue weighted by Gasteiger charge is -2.04. The first-order valence-electron chi connectivity index (χ1n) is 6.68. The number of aromatic nitrogens is 2. The summed E-state index contributed by atoms with van der Waals surface area (Å²) in [5.41, 5.74) is 1.55. The number of hydrogen-bond acceptors (Lipinski definition) is 6. The fraction of sp³-hybridized carbons (Fsp3) is 0.200. The van der Waals surface area contributed by atoms with Crippen molar-refractivity contribution in [1.29, 1.82) is 0 Å². The van der Waals surface area contributed by atoms with E-state index in [0.29, 0.717) is 11.1 Å². The highest BCUT2D eigenvalue weighted by Crippen LogP contribution is 2.29. The van der Waals surface area contributed by atoms with Crippen LogP contribution in [0.3, 0.4) is 0 Å². The van der Waals surface area contributed by atoms with E-state index < -0.39 is 9.84 Å². The van der Waals surface area contributed by atoms with Gasteiger partial charge in [0.15, 0.2) is 15.4 Å². The van der Waals surface area contributed by atoms with Crippen LogP contribution in [0.15, 0.2) is 50.7 Å². The lowest BCUT2D eigenvalue weighted by molar-refractivity contribution is 0.592. The first-order valence-corrected chi connectivity index (χ1v) is 9.55. The van der Waals surface area contributed by atoms with Crippen molar-refractivity contribution in [1.82, 2.24) is 9.97 Å². The summed E-state index contributed by atoms with van der Waals surface area (Å²) in [4.78, 5) is 9.77. The molecule has 0 aliphatic carbocycles. The summed E-state index contributed by atoms with van der Waals surface area (Å²) >= 11 is 1.61. The quantitative estimate of drug-likeness (QED) is 0.681. The number of nitrogens with zero attached hydrogens (tertiary/aromatic N) is 2. The maximum atomic E-state index is 12.2. The molecule has 0 N–H and O–H groups in total. The van der Waals surface area contributed by atoms with E-state index in [4.69, 9.17) is 4.42 Å². The summed E-state index contributed by atoms with van der Waals surface area (Å²) in [5, 5.41) is 0. The Bertz CT molecular complexity index is 933. The molecule has 7 heteroatoms. The molecule has 0 fully saturated rings. The van der Waals surface area contributed by atoms with Gasteiger partial charge < -0.3 is 4.42 Å². The number of fused-ring (bicyclic) bond motifs is 1. The van der Waals surface area contributed by atoms with Crippen LogP contribution < -0.4 is 0 Å². The zero-order valence-electron chi connectivity index (χ0n) is 12.1. The molecule has 0 amide bonds. The molecule has 2 heterocycles. The lowest BCUT2D eigenvalue weighted by Crippen LogP contribution is -2.06. The van der Waals surface area contributed by atoms with Gasteiger partial charge in [0.2, 0.25) is 5.89 Å². The van der Waals surface area contributed by atoms with Gasteiger partial charge in [-0.2, -0.15) is 0 Å². The van der Waals surface area contributed by atoms with Gasteiger partial charge in [-0.25, -0.2) is 18.4 Å². The summed E-state index contributed by atoms with van der Waals surface area (Å²) in [6.07, 6.45) is 3.51. The molecule has 0 radical (unpaired) electrons. The zero-order valence-corrected chi connectivity index (χ0v) is 13.7. The normalized spacial score (nSPS) is 11.9. The van der Waals surface area contributed by atoms with Crippen molar-refractivity contribution >= 4 is 32.7 Å². The van der Waals surface area contributed by atoms with E-state index >= 15 is 0 Å². The van der Waals surface area contributed by atoms with Crippen molar-refractivity contribution in [2.24, 2.45) is 0 Å². The van der Waals surface area contributed by atoms with E-state index in [1.807, 2.05) is 24.5 Å². The Hall–Kier alpha value is -1.86. The highest BCUT2D eigenvalue weighted by Gasteiger charge is 2.22. The average molecular weight is 334 g/mol. The molecular weight excluding hydrogens is 320 g/mol. The van der Waals surface area contributed by atoms with Crippen LogP contribution in [-0.4, -0.2) is 30.4 Å². The molecule has 0 saturated carbocycles. The fourth-order valence-corrected chi connectivity index (χ4v) is 3.56. The van der Waals surface area contributed by atoms with E-state index in [-0.39, 0.29) is 22.2 Å². The number of sulfone groups is 1. The van der Waals surface area contributed by atoms with Gasteiger partial charge in [-0.3, -0.25) is 0 Å². The molecular formula is C15H14N2O3S2. The van der Waals surface area contributed by atoms with Gasteiger partial charge in [-0.15, -0.1) is 11.8 Å². The summed E-state index contributed by atoms with van der Waals surface area (Å²) in [5.74, 6) is 0.226. The molecule has 3 rings (SSSR count). The van der Waals surface area contributed by atoms with E-state index in [1.54, 1.807) is 24.8 Å².